The number of aromatic carboxylic acids is 1. The summed E-state index contributed by atoms with van der Waals surface area (Å²) in [6.45, 7) is 4.93. The molecule has 1 unspecified atom stereocenters. The Morgan fingerprint density at radius 3 is 2.05 bits per heavy atom. The monoisotopic (exact) mass is 607 g/mol. The van der Waals surface area contributed by atoms with E-state index in [1.54, 1.807) is 44.7 Å². The molecule has 0 radical (unpaired) electrons. The number of nitrogens with zero attached hydrogens (tertiary/aromatic N) is 1. The highest BCUT2D eigenvalue weighted by molar-refractivity contribution is 5.89. The van der Waals surface area contributed by atoms with E-state index in [0.29, 0.717) is 37.4 Å². The predicted octanol–water partition coefficient (Wildman–Crippen LogP) is 6.96. The topological polar surface area (TPSA) is 121 Å². The summed E-state index contributed by atoms with van der Waals surface area (Å²) in [5.74, 6) is -1.37. The Labute approximate surface area is 260 Å². The Morgan fingerprint density at radius 2 is 1.43 bits per heavy atom. The van der Waals surface area contributed by atoms with Crippen LogP contribution in [0.5, 0.6) is 0 Å². The first kappa shape index (κ1) is 37.7. The number of carbonyl (C=O) groups excluding carboxylic acids is 2. The smallest absolute Gasteiger partial charge is 0.338 e. The lowest BCUT2D eigenvalue weighted by Gasteiger charge is -2.10. The van der Waals surface area contributed by atoms with Crippen molar-refractivity contribution >= 4 is 29.8 Å². The number of hydrogen-bond acceptors (Lipinski definition) is 8. The van der Waals surface area contributed by atoms with Crippen LogP contribution in [0.1, 0.15) is 65.8 Å². The zero-order chi connectivity index (χ0) is 32.4. The number of aryl methyl sites for hydroxylation is 1. The van der Waals surface area contributed by atoms with Gasteiger partial charge in [0.1, 0.15) is 0 Å². The van der Waals surface area contributed by atoms with Gasteiger partial charge in [0, 0.05) is 40.4 Å². The number of para-hydroxylation sites is 1. The molecule has 0 aliphatic rings. The molecule has 0 heterocycles. The third-order valence-electron chi connectivity index (χ3n) is 6.00. The second-order valence-electron chi connectivity index (χ2n) is 9.53. The molecule has 44 heavy (non-hydrogen) atoms. The van der Waals surface area contributed by atoms with Gasteiger partial charge in [-0.15, -0.1) is 0 Å². The normalized spacial score (nSPS) is 10.9. The highest BCUT2D eigenvalue weighted by Gasteiger charge is 2.10. The molecule has 9 nitrogen and oxygen atoms in total. The third kappa shape index (κ3) is 18.3. The van der Waals surface area contributed by atoms with Crippen molar-refractivity contribution < 1.29 is 38.4 Å². The van der Waals surface area contributed by atoms with Crippen molar-refractivity contribution in [1.82, 2.24) is 0 Å². The van der Waals surface area contributed by atoms with Crippen LogP contribution >= 0.6 is 0 Å². The van der Waals surface area contributed by atoms with Crippen LogP contribution < -0.4 is 0 Å². The van der Waals surface area contributed by atoms with Crippen LogP contribution in [0.3, 0.4) is 0 Å². The number of methoxy groups -OCH3 is 2. The van der Waals surface area contributed by atoms with Crippen LogP contribution in [0, 0.1) is 0 Å². The summed E-state index contributed by atoms with van der Waals surface area (Å²) >= 11 is 0. The molecular formula is C35H45NO8. The van der Waals surface area contributed by atoms with Crippen molar-refractivity contribution in [1.29, 1.82) is 0 Å². The molecule has 9 heteroatoms. The number of aliphatic imine (C=N–C) groups is 1. The average molecular weight is 608 g/mol. The predicted molar refractivity (Wildman–Crippen MR) is 172 cm³/mol. The van der Waals surface area contributed by atoms with E-state index in [2.05, 4.69) is 4.99 Å². The number of benzene rings is 3. The van der Waals surface area contributed by atoms with Crippen LogP contribution in [-0.2, 0) is 30.2 Å². The van der Waals surface area contributed by atoms with Gasteiger partial charge in [0.05, 0.1) is 36.1 Å². The van der Waals surface area contributed by atoms with E-state index in [-0.39, 0.29) is 18.0 Å². The first-order chi connectivity index (χ1) is 21.3. The Bertz CT molecular complexity index is 1230. The third-order valence-corrected chi connectivity index (χ3v) is 6.00. The van der Waals surface area contributed by atoms with Crippen molar-refractivity contribution in [3.05, 3.63) is 102 Å². The Balaban J connectivity index is 0.000000330. The largest absolute Gasteiger partial charge is 0.478 e. The number of rotatable bonds is 15. The van der Waals surface area contributed by atoms with E-state index in [4.69, 9.17) is 24.1 Å². The summed E-state index contributed by atoms with van der Waals surface area (Å²) in [5, 5.41) is 8.96. The van der Waals surface area contributed by atoms with Crippen molar-refractivity contribution in [3.8, 4) is 0 Å². The molecule has 0 spiro atoms. The summed E-state index contributed by atoms with van der Waals surface area (Å²) in [4.78, 5) is 36.9. The van der Waals surface area contributed by atoms with Gasteiger partial charge in [-0.2, -0.15) is 0 Å². The fourth-order valence-corrected chi connectivity index (χ4v) is 3.53. The number of carboxylic acids is 1. The van der Waals surface area contributed by atoms with Gasteiger partial charge in [-0.25, -0.2) is 9.59 Å². The first-order valence-electron chi connectivity index (χ1n) is 14.5. The molecule has 0 aliphatic heterocycles. The molecule has 0 amide bonds. The van der Waals surface area contributed by atoms with E-state index >= 15 is 0 Å². The summed E-state index contributed by atoms with van der Waals surface area (Å²) in [5.41, 5.74) is 2.77. The second kappa shape index (κ2) is 24.1. The fourth-order valence-electron chi connectivity index (χ4n) is 3.53. The molecule has 3 aromatic rings. The van der Waals surface area contributed by atoms with Gasteiger partial charge in [-0.1, -0.05) is 54.6 Å². The lowest BCUT2D eigenvalue weighted by atomic mass is 10.0. The number of ether oxygens (including phenoxy) is 4. The minimum atomic E-state index is -0.865. The first-order valence-corrected chi connectivity index (χ1v) is 14.5. The molecule has 0 fully saturated rings. The maximum Gasteiger partial charge on any atom is 0.338 e. The number of hydrogen-bond donors (Lipinski definition) is 1. The van der Waals surface area contributed by atoms with Gasteiger partial charge in [-0.05, 0) is 68.5 Å². The van der Waals surface area contributed by atoms with E-state index in [1.807, 2.05) is 67.6 Å². The molecule has 3 rings (SSSR count). The minimum Gasteiger partial charge on any atom is -0.478 e. The van der Waals surface area contributed by atoms with Crippen molar-refractivity contribution in [2.45, 2.75) is 52.1 Å². The van der Waals surface area contributed by atoms with Crippen LogP contribution in [-0.4, -0.2) is 69.4 Å². The molecular weight excluding hydrogens is 562 g/mol. The van der Waals surface area contributed by atoms with Gasteiger partial charge in [0.2, 0.25) is 0 Å². The van der Waals surface area contributed by atoms with Crippen molar-refractivity contribution in [3.63, 3.8) is 0 Å². The van der Waals surface area contributed by atoms with Crippen LogP contribution in [0.25, 0.3) is 0 Å². The van der Waals surface area contributed by atoms with Gasteiger partial charge in [0.25, 0.3) is 0 Å². The molecule has 1 atom stereocenters. The van der Waals surface area contributed by atoms with Crippen molar-refractivity contribution in [2.24, 2.45) is 4.99 Å². The van der Waals surface area contributed by atoms with E-state index < -0.39 is 5.97 Å². The van der Waals surface area contributed by atoms with Crippen LogP contribution in [0.15, 0.2) is 89.9 Å². The Kier molecular flexibility index (Phi) is 20.7. The number of unbranched alkanes of at least 4 members (excludes halogenated alkanes) is 1. The Morgan fingerprint density at radius 1 is 0.818 bits per heavy atom. The minimum absolute atomic E-state index is 0.159. The van der Waals surface area contributed by atoms with Gasteiger partial charge < -0.3 is 24.1 Å². The Hall–Kier alpha value is -4.34. The van der Waals surface area contributed by atoms with Gasteiger partial charge in [-0.3, -0.25) is 9.79 Å². The zero-order valence-electron chi connectivity index (χ0n) is 26.1. The molecule has 238 valence electrons. The number of carboxylic acid groups (broad SMARTS) is 1. The summed E-state index contributed by atoms with van der Waals surface area (Å²) in [6.07, 6.45) is 5.88. The summed E-state index contributed by atoms with van der Waals surface area (Å²) in [7, 11) is 3.32. The average Bonchev–Trinajstić information content (AvgIpc) is 3.04. The number of esters is 2. The summed E-state index contributed by atoms with van der Waals surface area (Å²) < 4.78 is 19.8. The van der Waals surface area contributed by atoms with E-state index in [1.165, 1.54) is 6.92 Å². The molecule has 0 bridgehead atoms. The zero-order valence-corrected chi connectivity index (χ0v) is 26.1. The standard InChI is InChI=1S/2C12H16O3.C11H13NO2/c1-9(15-2)7-8-10-5-3-4-6-11(10)12(13)14;1-14-9-5-6-10-15-12(13)11-7-3-2-4-8-11;1-10(13)14-9-5-8-12-11-6-3-2-4-7-11/h3-6,9H,7-8H2,1-2H3,(H,13,14);2-4,7-8H,5-6,9-10H2,1H3;2-4,6-8H,5,9H2,1H3. The maximum atomic E-state index is 11.4. The molecule has 0 saturated heterocycles. The van der Waals surface area contributed by atoms with Gasteiger partial charge in [0.15, 0.2) is 0 Å². The lowest BCUT2D eigenvalue weighted by molar-refractivity contribution is -0.140. The van der Waals surface area contributed by atoms with Gasteiger partial charge >= 0.3 is 17.9 Å². The molecule has 0 saturated carbocycles. The molecule has 0 aromatic heterocycles. The van der Waals surface area contributed by atoms with E-state index in [9.17, 15) is 14.4 Å². The number of carbonyl (C=O) groups is 3. The lowest BCUT2D eigenvalue weighted by Crippen LogP contribution is -2.08. The second-order valence-corrected chi connectivity index (χ2v) is 9.53. The SMILES string of the molecule is CC(=O)OCCC=Nc1ccccc1.COC(C)CCc1ccccc1C(=O)O.COCCCCOC(=O)c1ccccc1. The van der Waals surface area contributed by atoms with Crippen LogP contribution in [0.4, 0.5) is 5.69 Å². The van der Waals surface area contributed by atoms with Crippen molar-refractivity contribution in [2.75, 3.05) is 34.0 Å². The fraction of sp³-hybridized carbons (Fsp3) is 0.371. The maximum absolute atomic E-state index is 11.4. The highest BCUT2D eigenvalue weighted by atomic mass is 16.5. The summed E-state index contributed by atoms with van der Waals surface area (Å²) in [6, 6.07) is 25.7. The molecule has 0 aliphatic carbocycles. The van der Waals surface area contributed by atoms with Crippen LogP contribution in [0.2, 0.25) is 0 Å². The molecule has 1 N–H and O–H groups in total. The van der Waals surface area contributed by atoms with E-state index in [0.717, 1.165) is 36.9 Å². The molecule has 3 aromatic carbocycles. The highest BCUT2D eigenvalue weighted by Crippen LogP contribution is 2.13. The quantitative estimate of drug-likeness (QED) is 0.112.